The Kier molecular flexibility index (Phi) is 6.14. The molecule has 2 aromatic carbocycles. The van der Waals surface area contributed by atoms with Crippen LogP contribution < -0.4 is 10.1 Å². The van der Waals surface area contributed by atoms with E-state index in [0.29, 0.717) is 12.0 Å². The number of hydrogen-bond donors (Lipinski definition) is 2. The number of benzene rings is 2. The molecule has 3 aromatic rings. The number of pyridine rings is 1. The predicted molar refractivity (Wildman–Crippen MR) is 129 cm³/mol. The number of aryl methyl sites for hydroxylation is 2. The second-order valence-corrected chi connectivity index (χ2v) is 9.28. The maximum atomic E-state index is 11.5. The van der Waals surface area contributed by atoms with Crippen LogP contribution in [0.5, 0.6) is 5.75 Å². The molecule has 33 heavy (non-hydrogen) atoms. The molecule has 2 aliphatic rings. The van der Waals surface area contributed by atoms with E-state index in [1.807, 2.05) is 0 Å². The van der Waals surface area contributed by atoms with Gasteiger partial charge in [-0.05, 0) is 103 Å². The number of carboxylic acids is 1. The van der Waals surface area contributed by atoms with Crippen molar-refractivity contribution < 1.29 is 14.6 Å². The number of aromatic carboxylic acids is 1. The average molecular weight is 443 g/mol. The Hall–Kier alpha value is -3.18. The molecule has 170 valence electrons. The minimum absolute atomic E-state index is 0.212. The standard InChI is InChI=1S/C28H30N2O3/c1-18-14-23(33-17-19-2-3-19)6-8-24(18)20-4-7-25-21(15-20)10-13-30-27(25)9-5-22-16-29-12-11-26(22)28(31)32/h4,6-8,11-12,14-16,19,27,30H,2-3,5,9-10,13,17H2,1H3,(H,31,32)/t27-/m1/s1. The number of carboxylic acid groups (broad SMARTS) is 1. The van der Waals surface area contributed by atoms with Gasteiger partial charge in [0, 0.05) is 18.4 Å². The molecule has 1 aliphatic carbocycles. The van der Waals surface area contributed by atoms with Crippen LogP contribution in [0.3, 0.4) is 0 Å². The fraction of sp³-hybridized carbons (Fsp3) is 0.357. The summed E-state index contributed by atoms with van der Waals surface area (Å²) in [6.45, 7) is 3.91. The second kappa shape index (κ2) is 9.36. The molecule has 1 aliphatic heterocycles. The number of aromatic nitrogens is 1. The third-order valence-electron chi connectivity index (χ3n) is 6.83. The van der Waals surface area contributed by atoms with Gasteiger partial charge in [-0.2, -0.15) is 0 Å². The lowest BCUT2D eigenvalue weighted by atomic mass is 9.87. The van der Waals surface area contributed by atoms with Gasteiger partial charge >= 0.3 is 5.97 Å². The number of nitrogens with one attached hydrogen (secondary N) is 1. The van der Waals surface area contributed by atoms with E-state index in [1.54, 1.807) is 12.3 Å². The molecule has 1 aromatic heterocycles. The van der Waals surface area contributed by atoms with E-state index >= 15 is 0 Å². The number of rotatable bonds is 8. The third kappa shape index (κ3) is 4.93. The van der Waals surface area contributed by atoms with E-state index in [4.69, 9.17) is 4.74 Å². The Morgan fingerprint density at radius 1 is 1.18 bits per heavy atom. The zero-order chi connectivity index (χ0) is 22.8. The van der Waals surface area contributed by atoms with Crippen LogP contribution in [0.25, 0.3) is 11.1 Å². The third-order valence-corrected chi connectivity index (χ3v) is 6.83. The Bertz CT molecular complexity index is 1170. The van der Waals surface area contributed by atoms with Gasteiger partial charge in [-0.15, -0.1) is 0 Å². The molecular weight excluding hydrogens is 412 g/mol. The normalized spacial score (nSPS) is 17.4. The van der Waals surface area contributed by atoms with Gasteiger partial charge < -0.3 is 15.2 Å². The Labute approximate surface area is 194 Å². The summed E-state index contributed by atoms with van der Waals surface area (Å²) < 4.78 is 5.94. The SMILES string of the molecule is Cc1cc(OCC2CC2)ccc1-c1ccc2c(c1)CCN[C@@H]2CCc1cnccc1C(=O)O. The van der Waals surface area contributed by atoms with Crippen LogP contribution in [0.4, 0.5) is 0 Å². The fourth-order valence-corrected chi connectivity index (χ4v) is 4.76. The summed E-state index contributed by atoms with van der Waals surface area (Å²) in [6, 6.07) is 15.0. The molecule has 2 heterocycles. The van der Waals surface area contributed by atoms with Gasteiger partial charge in [0.05, 0.1) is 12.2 Å². The molecular formula is C28H30N2O3. The zero-order valence-corrected chi connectivity index (χ0v) is 19.0. The molecule has 0 amide bonds. The first-order chi connectivity index (χ1) is 16.1. The van der Waals surface area contributed by atoms with E-state index in [1.165, 1.54) is 46.9 Å². The smallest absolute Gasteiger partial charge is 0.336 e. The van der Waals surface area contributed by atoms with Gasteiger partial charge in [0.25, 0.3) is 0 Å². The van der Waals surface area contributed by atoms with Crippen molar-refractivity contribution in [3.8, 4) is 16.9 Å². The maximum Gasteiger partial charge on any atom is 0.336 e. The number of carbonyl (C=O) groups is 1. The van der Waals surface area contributed by atoms with Gasteiger partial charge in [0.1, 0.15) is 5.75 Å². The molecule has 0 spiro atoms. The van der Waals surface area contributed by atoms with Crippen LogP contribution in [-0.4, -0.2) is 29.2 Å². The van der Waals surface area contributed by atoms with Crippen molar-refractivity contribution >= 4 is 5.97 Å². The molecule has 5 heteroatoms. The molecule has 5 nitrogen and oxygen atoms in total. The van der Waals surface area contributed by atoms with Gasteiger partial charge in [-0.1, -0.05) is 24.3 Å². The van der Waals surface area contributed by atoms with Gasteiger partial charge in [-0.25, -0.2) is 4.79 Å². The Morgan fingerprint density at radius 2 is 2.06 bits per heavy atom. The van der Waals surface area contributed by atoms with E-state index in [0.717, 1.165) is 43.2 Å². The number of ether oxygens (including phenoxy) is 1. The van der Waals surface area contributed by atoms with E-state index in [2.05, 4.69) is 53.6 Å². The van der Waals surface area contributed by atoms with Gasteiger partial charge in [-0.3, -0.25) is 4.98 Å². The van der Waals surface area contributed by atoms with Crippen molar-refractivity contribution in [3.05, 3.63) is 82.7 Å². The first kappa shape index (κ1) is 21.7. The van der Waals surface area contributed by atoms with Crippen molar-refractivity contribution in [2.45, 2.75) is 45.1 Å². The summed E-state index contributed by atoms with van der Waals surface area (Å²) in [5, 5.41) is 13.1. The van der Waals surface area contributed by atoms with Crippen molar-refractivity contribution in [2.24, 2.45) is 5.92 Å². The minimum atomic E-state index is -0.895. The molecule has 0 unspecified atom stereocenters. The maximum absolute atomic E-state index is 11.5. The zero-order valence-electron chi connectivity index (χ0n) is 19.0. The highest BCUT2D eigenvalue weighted by Gasteiger charge is 2.23. The highest BCUT2D eigenvalue weighted by Crippen LogP contribution is 2.34. The number of nitrogens with zero attached hydrogens (tertiary/aromatic N) is 1. The molecule has 5 rings (SSSR count). The van der Waals surface area contributed by atoms with Gasteiger partial charge in [0.15, 0.2) is 0 Å². The number of hydrogen-bond acceptors (Lipinski definition) is 4. The molecule has 0 saturated heterocycles. The van der Waals surface area contributed by atoms with Crippen LogP contribution in [0.15, 0.2) is 54.9 Å². The summed E-state index contributed by atoms with van der Waals surface area (Å²) in [6.07, 6.45) is 8.32. The highest BCUT2D eigenvalue weighted by atomic mass is 16.5. The fourth-order valence-electron chi connectivity index (χ4n) is 4.76. The van der Waals surface area contributed by atoms with E-state index in [-0.39, 0.29) is 6.04 Å². The highest BCUT2D eigenvalue weighted by molar-refractivity contribution is 5.89. The lowest BCUT2D eigenvalue weighted by molar-refractivity contribution is 0.0695. The summed E-state index contributed by atoms with van der Waals surface area (Å²) in [5.41, 5.74) is 7.52. The van der Waals surface area contributed by atoms with Crippen molar-refractivity contribution in [1.82, 2.24) is 10.3 Å². The molecule has 0 bridgehead atoms. The first-order valence-corrected chi connectivity index (χ1v) is 11.8. The largest absolute Gasteiger partial charge is 0.493 e. The van der Waals surface area contributed by atoms with Crippen molar-refractivity contribution in [3.63, 3.8) is 0 Å². The monoisotopic (exact) mass is 442 g/mol. The molecule has 1 saturated carbocycles. The average Bonchev–Trinajstić information content (AvgIpc) is 3.66. The van der Waals surface area contributed by atoms with Crippen LogP contribution in [0.1, 0.15) is 57.9 Å². The van der Waals surface area contributed by atoms with Gasteiger partial charge in [0.2, 0.25) is 0 Å². The van der Waals surface area contributed by atoms with Crippen LogP contribution >= 0.6 is 0 Å². The first-order valence-electron chi connectivity index (χ1n) is 11.8. The summed E-state index contributed by atoms with van der Waals surface area (Å²) in [7, 11) is 0. The van der Waals surface area contributed by atoms with Crippen LogP contribution in [0, 0.1) is 12.8 Å². The summed E-state index contributed by atoms with van der Waals surface area (Å²) in [4.78, 5) is 15.6. The second-order valence-electron chi connectivity index (χ2n) is 9.28. The Balaban J connectivity index is 1.32. The van der Waals surface area contributed by atoms with E-state index in [9.17, 15) is 9.90 Å². The van der Waals surface area contributed by atoms with Crippen molar-refractivity contribution in [2.75, 3.05) is 13.2 Å². The Morgan fingerprint density at radius 3 is 2.85 bits per heavy atom. The quantitative estimate of drug-likeness (QED) is 0.491. The number of fused-ring (bicyclic) bond motifs is 1. The van der Waals surface area contributed by atoms with E-state index < -0.39 is 5.97 Å². The molecule has 2 N–H and O–H groups in total. The van der Waals surface area contributed by atoms with Crippen LogP contribution in [0.2, 0.25) is 0 Å². The topological polar surface area (TPSA) is 71.5 Å². The lowest BCUT2D eigenvalue weighted by Crippen LogP contribution is -2.30. The molecule has 0 radical (unpaired) electrons. The summed E-state index contributed by atoms with van der Waals surface area (Å²) in [5.74, 6) is 0.816. The summed E-state index contributed by atoms with van der Waals surface area (Å²) >= 11 is 0. The molecule has 1 fully saturated rings. The van der Waals surface area contributed by atoms with Crippen molar-refractivity contribution in [1.29, 1.82) is 0 Å². The van der Waals surface area contributed by atoms with Crippen LogP contribution in [-0.2, 0) is 12.8 Å². The predicted octanol–water partition coefficient (Wildman–Crippen LogP) is 5.36. The lowest BCUT2D eigenvalue weighted by Gasteiger charge is -2.28. The molecule has 1 atom stereocenters. The minimum Gasteiger partial charge on any atom is -0.493 e.